The molecule has 0 bridgehead atoms. The first-order chi connectivity index (χ1) is 9.69. The first kappa shape index (κ1) is 16.4. The number of aliphatic hydroxyl groups is 1. The number of alkyl halides is 1. The van der Waals surface area contributed by atoms with Crippen LogP contribution in [0.5, 0.6) is 0 Å². The molecule has 0 aliphatic heterocycles. The highest BCUT2D eigenvalue weighted by Crippen LogP contribution is 2.13. The molecule has 4 heteroatoms. The molecule has 0 heterocycles. The van der Waals surface area contributed by atoms with Gasteiger partial charge in [0.1, 0.15) is 12.8 Å². The van der Waals surface area contributed by atoms with Crippen molar-refractivity contribution >= 4 is 5.78 Å². The molecule has 1 N–H and O–H groups in total. The van der Waals surface area contributed by atoms with Crippen LogP contribution in [0.4, 0.5) is 4.39 Å². The smallest absolute Gasteiger partial charge is 0.187 e. The van der Waals surface area contributed by atoms with E-state index in [1.165, 1.54) is 6.08 Å². The lowest BCUT2D eigenvalue weighted by Gasteiger charge is -2.11. The van der Waals surface area contributed by atoms with Gasteiger partial charge >= 0.3 is 0 Å². The van der Waals surface area contributed by atoms with Gasteiger partial charge in [-0.15, -0.1) is 0 Å². The first-order valence-electron chi connectivity index (χ1n) is 6.79. The van der Waals surface area contributed by atoms with Crippen LogP contribution >= 0.6 is 0 Å². The molecule has 0 amide bonds. The van der Waals surface area contributed by atoms with E-state index in [1.54, 1.807) is 18.2 Å². The Morgan fingerprint density at radius 3 is 3.05 bits per heavy atom. The molecule has 1 aliphatic carbocycles. The van der Waals surface area contributed by atoms with E-state index in [9.17, 15) is 9.18 Å². The number of halogens is 1. The van der Waals surface area contributed by atoms with Crippen molar-refractivity contribution in [3.8, 4) is 0 Å². The van der Waals surface area contributed by atoms with Gasteiger partial charge in [-0.25, -0.2) is 4.39 Å². The van der Waals surface area contributed by atoms with Crippen LogP contribution in [0.2, 0.25) is 0 Å². The summed E-state index contributed by atoms with van der Waals surface area (Å²) in [5.74, 6) is -0.262. The van der Waals surface area contributed by atoms with E-state index in [-0.39, 0.29) is 19.0 Å². The Bertz CT molecular complexity index is 433. The van der Waals surface area contributed by atoms with E-state index in [0.29, 0.717) is 24.0 Å². The minimum atomic E-state index is -1.18. The topological polar surface area (TPSA) is 46.5 Å². The zero-order valence-corrected chi connectivity index (χ0v) is 11.7. The average Bonchev–Trinajstić information content (AvgIpc) is 2.43. The molecule has 1 aliphatic rings. The summed E-state index contributed by atoms with van der Waals surface area (Å²) in [6.07, 6.45) is 10.3. The van der Waals surface area contributed by atoms with E-state index >= 15 is 0 Å². The Hall–Kier alpha value is -1.68. The summed E-state index contributed by atoms with van der Waals surface area (Å²) in [5, 5.41) is 8.96. The van der Waals surface area contributed by atoms with Gasteiger partial charge in [-0.2, -0.15) is 0 Å². The molecule has 3 nitrogen and oxygen atoms in total. The standard InChI is InChI=1S/C16H21FO3/c1-2-7-13(10-18)16(19)12-20-11-14-8-5-3-4-6-9-15(14)17/h3,5-6,8-10,15,18H,2,4,7,11-12H2,1H3/b5-3-,9-6?,13-10?,14-8-. The number of aliphatic hydroxyl groups excluding tert-OH is 1. The van der Waals surface area contributed by atoms with Crippen LogP contribution in [0.15, 0.2) is 47.8 Å². The molecular weight excluding hydrogens is 259 g/mol. The maximum atomic E-state index is 13.8. The van der Waals surface area contributed by atoms with Gasteiger partial charge in [0.2, 0.25) is 0 Å². The van der Waals surface area contributed by atoms with E-state index in [4.69, 9.17) is 9.84 Å². The van der Waals surface area contributed by atoms with Gasteiger partial charge in [-0.05, 0) is 18.4 Å². The second kappa shape index (κ2) is 9.26. The zero-order chi connectivity index (χ0) is 14.8. The molecule has 0 aromatic heterocycles. The SMILES string of the molecule is CCCC(=CO)C(=O)COC/C1=C/C=C\CC=CC1F. The quantitative estimate of drug-likeness (QED) is 0.440. The fraction of sp³-hybridized carbons (Fsp3) is 0.438. The lowest BCUT2D eigenvalue weighted by molar-refractivity contribution is -0.119. The molecule has 20 heavy (non-hydrogen) atoms. The second-order valence-corrected chi connectivity index (χ2v) is 4.56. The minimum Gasteiger partial charge on any atom is -0.515 e. The largest absolute Gasteiger partial charge is 0.515 e. The molecule has 110 valence electrons. The third-order valence-corrected chi connectivity index (χ3v) is 2.91. The van der Waals surface area contributed by atoms with Crippen LogP contribution in [-0.2, 0) is 9.53 Å². The van der Waals surface area contributed by atoms with Crippen molar-refractivity contribution in [1.82, 2.24) is 0 Å². The predicted molar refractivity (Wildman–Crippen MR) is 77.3 cm³/mol. The lowest BCUT2D eigenvalue weighted by atomic mass is 10.1. The molecular formula is C16H21FO3. The van der Waals surface area contributed by atoms with E-state index in [2.05, 4.69) is 0 Å². The first-order valence-corrected chi connectivity index (χ1v) is 6.79. The van der Waals surface area contributed by atoms with Crippen molar-refractivity contribution in [2.75, 3.05) is 13.2 Å². The second-order valence-electron chi connectivity index (χ2n) is 4.56. The Balaban J connectivity index is 2.47. The average molecular weight is 280 g/mol. The van der Waals surface area contributed by atoms with Crippen molar-refractivity contribution in [1.29, 1.82) is 0 Å². The fourth-order valence-corrected chi connectivity index (χ4v) is 1.79. The number of allylic oxidation sites excluding steroid dienone is 5. The van der Waals surface area contributed by atoms with E-state index < -0.39 is 6.17 Å². The number of ketones is 1. The molecule has 0 spiro atoms. The molecule has 0 aromatic rings. The molecule has 0 saturated carbocycles. The van der Waals surface area contributed by atoms with Crippen molar-refractivity contribution in [2.45, 2.75) is 32.4 Å². The monoisotopic (exact) mass is 280 g/mol. The van der Waals surface area contributed by atoms with Crippen molar-refractivity contribution in [3.05, 3.63) is 47.8 Å². The van der Waals surface area contributed by atoms with Crippen LogP contribution in [0.3, 0.4) is 0 Å². The summed E-state index contributed by atoms with van der Waals surface area (Å²) in [5.41, 5.74) is 0.825. The van der Waals surface area contributed by atoms with Gasteiger partial charge in [-0.1, -0.05) is 43.7 Å². The van der Waals surface area contributed by atoms with E-state index in [1.807, 2.05) is 13.0 Å². The highest BCUT2D eigenvalue weighted by atomic mass is 19.1. The Labute approximate surface area is 119 Å². The third-order valence-electron chi connectivity index (χ3n) is 2.91. The van der Waals surface area contributed by atoms with Crippen LogP contribution in [0.1, 0.15) is 26.2 Å². The summed E-state index contributed by atoms with van der Waals surface area (Å²) < 4.78 is 19.0. The van der Waals surface area contributed by atoms with Crippen molar-refractivity contribution in [3.63, 3.8) is 0 Å². The number of rotatable bonds is 7. The normalized spacial score (nSPS) is 23.6. The maximum Gasteiger partial charge on any atom is 0.187 e. The van der Waals surface area contributed by atoms with Crippen LogP contribution in [-0.4, -0.2) is 30.3 Å². The Morgan fingerprint density at radius 2 is 2.35 bits per heavy atom. The van der Waals surface area contributed by atoms with Gasteiger partial charge in [0.05, 0.1) is 12.9 Å². The van der Waals surface area contributed by atoms with Gasteiger partial charge in [0.25, 0.3) is 0 Å². The number of hydrogen-bond acceptors (Lipinski definition) is 3. The highest BCUT2D eigenvalue weighted by molar-refractivity contribution is 5.96. The summed E-state index contributed by atoms with van der Waals surface area (Å²) in [6.45, 7) is 1.83. The van der Waals surface area contributed by atoms with Gasteiger partial charge in [-0.3, -0.25) is 4.79 Å². The third kappa shape index (κ3) is 5.53. The van der Waals surface area contributed by atoms with Crippen LogP contribution in [0, 0.1) is 0 Å². The molecule has 0 fully saturated rings. The Morgan fingerprint density at radius 1 is 1.55 bits per heavy atom. The Kier molecular flexibility index (Phi) is 7.58. The molecule has 1 rings (SSSR count). The molecule has 0 radical (unpaired) electrons. The molecule has 1 atom stereocenters. The maximum absolute atomic E-state index is 13.8. The lowest BCUT2D eigenvalue weighted by Crippen LogP contribution is -2.15. The number of hydrogen-bond donors (Lipinski definition) is 1. The zero-order valence-electron chi connectivity index (χ0n) is 11.7. The minimum absolute atomic E-state index is 0.0619. The van der Waals surface area contributed by atoms with Gasteiger partial charge in [0.15, 0.2) is 5.78 Å². The molecule has 0 aromatic carbocycles. The van der Waals surface area contributed by atoms with Gasteiger partial charge < -0.3 is 9.84 Å². The predicted octanol–water partition coefficient (Wildman–Crippen LogP) is 3.59. The fourth-order valence-electron chi connectivity index (χ4n) is 1.79. The van der Waals surface area contributed by atoms with E-state index in [0.717, 1.165) is 12.7 Å². The van der Waals surface area contributed by atoms with Crippen LogP contribution in [0.25, 0.3) is 0 Å². The summed E-state index contributed by atoms with van der Waals surface area (Å²) in [4.78, 5) is 11.7. The number of Topliss-reactive ketones (excluding diaryl/α,β-unsaturated/α-hetero) is 1. The molecule has 0 saturated heterocycles. The number of carbonyl (C=O) groups excluding carboxylic acids is 1. The molecule has 1 unspecified atom stereocenters. The van der Waals surface area contributed by atoms with Crippen molar-refractivity contribution < 1.29 is 19.0 Å². The van der Waals surface area contributed by atoms with Crippen molar-refractivity contribution in [2.24, 2.45) is 0 Å². The highest BCUT2D eigenvalue weighted by Gasteiger charge is 2.13. The number of carbonyl (C=O) groups is 1. The van der Waals surface area contributed by atoms with Gasteiger partial charge in [0, 0.05) is 5.57 Å². The summed E-state index contributed by atoms with van der Waals surface area (Å²) in [6, 6.07) is 0. The summed E-state index contributed by atoms with van der Waals surface area (Å²) in [7, 11) is 0. The van der Waals surface area contributed by atoms with Crippen LogP contribution < -0.4 is 0 Å². The number of ether oxygens (including phenoxy) is 1. The summed E-state index contributed by atoms with van der Waals surface area (Å²) >= 11 is 0.